The number of likely N-dealkylation sites (N-methyl/N-ethyl adjacent to an activating group) is 1. The summed E-state index contributed by atoms with van der Waals surface area (Å²) in [5.41, 5.74) is 0.529. The number of hydrogen-bond donors (Lipinski definition) is 2. The lowest BCUT2D eigenvalue weighted by Gasteiger charge is -2.38. The third kappa shape index (κ3) is 4.51. The van der Waals surface area contributed by atoms with Crippen LogP contribution in [0.2, 0.25) is 5.02 Å². The number of aliphatic hydroxyl groups excluding tert-OH is 1. The Morgan fingerprint density at radius 1 is 1.25 bits per heavy atom. The number of fused-ring (bicyclic) bond motifs is 1. The number of carbonyl (C=O) groups is 2. The summed E-state index contributed by atoms with van der Waals surface area (Å²) in [6.07, 6.45) is 2.18. The predicted molar refractivity (Wildman–Crippen MR) is 120 cm³/mol. The molecule has 3 aromatic rings. The van der Waals surface area contributed by atoms with Crippen LogP contribution in [0.1, 0.15) is 28.8 Å². The zero-order valence-corrected chi connectivity index (χ0v) is 18.2. The zero-order chi connectivity index (χ0) is 22.8. The molecule has 2 N–H and O–H groups in total. The average molecular weight is 455 g/mol. The summed E-state index contributed by atoms with van der Waals surface area (Å²) >= 11 is 5.89. The topological polar surface area (TPSA) is 105 Å². The number of carbonyl (C=O) groups excluding carboxylic acids is 2. The van der Waals surface area contributed by atoms with E-state index in [2.05, 4.69) is 10.3 Å². The molecule has 1 fully saturated rings. The van der Waals surface area contributed by atoms with Crippen molar-refractivity contribution in [2.24, 2.45) is 0 Å². The maximum atomic E-state index is 13.2. The number of halogens is 1. The normalized spacial score (nSPS) is 17.6. The van der Waals surface area contributed by atoms with Crippen LogP contribution in [0.3, 0.4) is 0 Å². The van der Waals surface area contributed by atoms with Crippen molar-refractivity contribution in [1.29, 1.82) is 0 Å². The van der Waals surface area contributed by atoms with Crippen molar-refractivity contribution < 1.29 is 14.7 Å². The Hall–Kier alpha value is -3.23. The van der Waals surface area contributed by atoms with Gasteiger partial charge in [0.1, 0.15) is 17.8 Å². The maximum absolute atomic E-state index is 13.2. The van der Waals surface area contributed by atoms with Gasteiger partial charge in [-0.3, -0.25) is 19.0 Å². The summed E-state index contributed by atoms with van der Waals surface area (Å²) in [5.74, 6) is -0.818. The summed E-state index contributed by atoms with van der Waals surface area (Å²) in [4.78, 5) is 44.6. The maximum Gasteiger partial charge on any atom is 0.265 e. The van der Waals surface area contributed by atoms with Gasteiger partial charge in [-0.1, -0.05) is 23.7 Å². The smallest absolute Gasteiger partial charge is 0.265 e. The molecule has 1 aromatic carbocycles. The molecule has 0 unspecified atom stereocenters. The van der Waals surface area contributed by atoms with E-state index in [9.17, 15) is 19.5 Å². The molecule has 2 heterocycles. The van der Waals surface area contributed by atoms with Crippen LogP contribution in [0.5, 0.6) is 0 Å². The van der Waals surface area contributed by atoms with Crippen LogP contribution in [0.15, 0.2) is 53.5 Å². The Morgan fingerprint density at radius 2 is 1.97 bits per heavy atom. The van der Waals surface area contributed by atoms with E-state index in [0.717, 1.165) is 5.56 Å². The molecule has 0 aliphatic heterocycles. The van der Waals surface area contributed by atoms with E-state index in [1.165, 1.54) is 16.8 Å². The van der Waals surface area contributed by atoms with Gasteiger partial charge < -0.3 is 15.3 Å². The Balaban J connectivity index is 1.60. The average Bonchev–Trinajstić information content (AvgIpc) is 2.77. The number of nitrogens with one attached hydrogen (secondary N) is 1. The van der Waals surface area contributed by atoms with Crippen molar-refractivity contribution in [1.82, 2.24) is 19.8 Å². The first-order chi connectivity index (χ1) is 15.3. The Labute approximate surface area is 189 Å². The number of amides is 2. The van der Waals surface area contributed by atoms with Gasteiger partial charge in [-0.05, 0) is 48.7 Å². The lowest BCUT2D eigenvalue weighted by Crippen LogP contribution is -2.49. The number of rotatable bonds is 6. The van der Waals surface area contributed by atoms with Gasteiger partial charge in [-0.2, -0.15) is 0 Å². The number of hydrogen-bond acceptors (Lipinski definition) is 5. The molecule has 166 valence electrons. The van der Waals surface area contributed by atoms with Crippen molar-refractivity contribution in [3.8, 4) is 0 Å². The summed E-state index contributed by atoms with van der Waals surface area (Å²) in [6, 6.07) is 11.9. The van der Waals surface area contributed by atoms with Crippen molar-refractivity contribution >= 4 is 34.4 Å². The van der Waals surface area contributed by atoms with Gasteiger partial charge >= 0.3 is 0 Å². The molecule has 2 amide bonds. The van der Waals surface area contributed by atoms with Gasteiger partial charge in [-0.15, -0.1) is 0 Å². The number of nitrogens with zero attached hydrogens (tertiary/aromatic N) is 3. The minimum atomic E-state index is -0.583. The van der Waals surface area contributed by atoms with E-state index >= 15 is 0 Å². The minimum absolute atomic E-state index is 0.0571. The molecule has 0 spiro atoms. The standard InChI is InChI=1S/C23H23ClN4O4/c1-27(17-10-18(29)11-17)20(30)13-28-21-15(3-2-8-25-21)9-19(23(28)32)22(31)26-12-14-4-6-16(24)7-5-14/h2-9,17-18,29H,10-13H2,1H3,(H,26,31). The predicted octanol–water partition coefficient (Wildman–Crippen LogP) is 1.96. The SMILES string of the molecule is CN(C(=O)Cn1c(=O)c(C(=O)NCc2ccc(Cl)cc2)cc2cccnc21)C1CC(O)C1. The van der Waals surface area contributed by atoms with E-state index in [-0.39, 0.29) is 30.6 Å². The first kappa shape index (κ1) is 22.0. The second-order valence-corrected chi connectivity index (χ2v) is 8.39. The minimum Gasteiger partial charge on any atom is -0.393 e. The molecule has 1 saturated carbocycles. The fraction of sp³-hybridized carbons (Fsp3) is 0.304. The van der Waals surface area contributed by atoms with Crippen LogP contribution < -0.4 is 10.9 Å². The molecule has 2 aromatic heterocycles. The van der Waals surface area contributed by atoms with E-state index in [4.69, 9.17) is 11.6 Å². The summed E-state index contributed by atoms with van der Waals surface area (Å²) in [5, 5.41) is 13.4. The first-order valence-electron chi connectivity index (χ1n) is 10.3. The van der Waals surface area contributed by atoms with Crippen molar-refractivity contribution in [2.45, 2.75) is 38.1 Å². The molecule has 32 heavy (non-hydrogen) atoms. The highest BCUT2D eigenvalue weighted by Crippen LogP contribution is 2.24. The number of pyridine rings is 2. The fourth-order valence-electron chi connectivity index (χ4n) is 3.72. The van der Waals surface area contributed by atoms with E-state index < -0.39 is 17.6 Å². The van der Waals surface area contributed by atoms with Crippen molar-refractivity contribution in [2.75, 3.05) is 7.05 Å². The highest BCUT2D eigenvalue weighted by Gasteiger charge is 2.33. The molecule has 1 aliphatic carbocycles. The fourth-order valence-corrected chi connectivity index (χ4v) is 3.85. The van der Waals surface area contributed by atoms with Gasteiger partial charge in [0.25, 0.3) is 11.5 Å². The molecular weight excluding hydrogens is 432 g/mol. The van der Waals surface area contributed by atoms with Crippen LogP contribution in [-0.4, -0.2) is 50.6 Å². The Morgan fingerprint density at radius 3 is 2.66 bits per heavy atom. The monoisotopic (exact) mass is 454 g/mol. The third-order valence-electron chi connectivity index (χ3n) is 5.78. The second kappa shape index (κ2) is 9.10. The van der Waals surface area contributed by atoms with Gasteiger partial charge in [0.2, 0.25) is 5.91 Å². The largest absolute Gasteiger partial charge is 0.393 e. The van der Waals surface area contributed by atoms with Gasteiger partial charge in [0, 0.05) is 36.2 Å². The summed E-state index contributed by atoms with van der Waals surface area (Å²) in [7, 11) is 1.65. The van der Waals surface area contributed by atoms with E-state index in [0.29, 0.717) is 28.9 Å². The summed E-state index contributed by atoms with van der Waals surface area (Å²) < 4.78 is 1.24. The van der Waals surface area contributed by atoms with E-state index in [1.807, 2.05) is 0 Å². The zero-order valence-electron chi connectivity index (χ0n) is 17.5. The molecule has 0 saturated heterocycles. The highest BCUT2D eigenvalue weighted by molar-refractivity contribution is 6.30. The number of aromatic nitrogens is 2. The van der Waals surface area contributed by atoms with Crippen LogP contribution in [0, 0.1) is 0 Å². The van der Waals surface area contributed by atoms with Gasteiger partial charge in [0.05, 0.1) is 6.10 Å². The molecule has 0 atom stereocenters. The lowest BCUT2D eigenvalue weighted by atomic mass is 9.88. The molecular formula is C23H23ClN4O4. The highest BCUT2D eigenvalue weighted by atomic mass is 35.5. The third-order valence-corrected chi connectivity index (χ3v) is 6.03. The molecule has 9 heteroatoms. The molecule has 8 nitrogen and oxygen atoms in total. The van der Waals surface area contributed by atoms with Gasteiger partial charge in [0.15, 0.2) is 0 Å². The lowest BCUT2D eigenvalue weighted by molar-refractivity contribution is -0.136. The number of benzene rings is 1. The van der Waals surface area contributed by atoms with Crippen LogP contribution in [-0.2, 0) is 17.9 Å². The second-order valence-electron chi connectivity index (χ2n) is 7.96. The van der Waals surface area contributed by atoms with Crippen LogP contribution in [0.4, 0.5) is 0 Å². The summed E-state index contributed by atoms with van der Waals surface area (Å²) in [6.45, 7) is -0.0139. The molecule has 0 bridgehead atoms. The quantitative estimate of drug-likeness (QED) is 0.592. The molecule has 4 rings (SSSR count). The van der Waals surface area contributed by atoms with Crippen molar-refractivity contribution in [3.63, 3.8) is 0 Å². The Kier molecular flexibility index (Phi) is 6.25. The number of aliphatic hydroxyl groups is 1. The molecule has 0 radical (unpaired) electrons. The van der Waals surface area contributed by atoms with E-state index in [1.54, 1.807) is 48.3 Å². The van der Waals surface area contributed by atoms with Crippen LogP contribution in [0.25, 0.3) is 11.0 Å². The molecule has 1 aliphatic rings. The van der Waals surface area contributed by atoms with Gasteiger partial charge in [-0.25, -0.2) is 4.98 Å². The van der Waals surface area contributed by atoms with Crippen LogP contribution >= 0.6 is 11.6 Å². The first-order valence-corrected chi connectivity index (χ1v) is 10.7. The van der Waals surface area contributed by atoms with Crippen molar-refractivity contribution in [3.05, 3.63) is 75.2 Å². The Bertz CT molecular complexity index is 1220.